The monoisotopic (exact) mass is 360 g/mol. The molecule has 1 aromatic heterocycles. The normalized spacial score (nSPS) is 19.9. The Morgan fingerprint density at radius 1 is 1.17 bits per heavy atom. The Hall–Kier alpha value is -1.90. The Bertz CT molecular complexity index is 1020. The number of sulfonamides is 1. The number of thioether (sulfide) groups is 1. The van der Waals surface area contributed by atoms with Crippen LogP contribution in [0.15, 0.2) is 47.9 Å². The van der Waals surface area contributed by atoms with E-state index in [0.29, 0.717) is 0 Å². The second-order valence-corrected chi connectivity index (χ2v) is 8.81. The van der Waals surface area contributed by atoms with Gasteiger partial charge in [0.25, 0.3) is 0 Å². The molecule has 0 amide bonds. The van der Waals surface area contributed by atoms with E-state index < -0.39 is 10.0 Å². The Balaban J connectivity index is 1.87. The number of hydrogen-bond acceptors (Lipinski definition) is 5. The van der Waals surface area contributed by atoms with Gasteiger partial charge in [0.15, 0.2) is 5.16 Å². The van der Waals surface area contributed by atoms with Crippen molar-refractivity contribution in [1.29, 1.82) is 0 Å². The lowest BCUT2D eigenvalue weighted by Gasteiger charge is -2.21. The molecule has 24 heavy (non-hydrogen) atoms. The van der Waals surface area contributed by atoms with Gasteiger partial charge in [0.1, 0.15) is 6.33 Å². The standard InChI is InChI=1S/C16H16N4O2S2/c1-20-9-17-18-16(20)23-15-12-8-4-6-10-5-3-7-11(13(10)12)14(15)19-24(2,21)22/h3-9,14-15,19H,1-2H3. The number of hydrogen-bond donors (Lipinski definition) is 1. The highest BCUT2D eigenvalue weighted by molar-refractivity contribution is 7.99. The molecule has 1 aliphatic rings. The molecule has 0 saturated carbocycles. The number of rotatable bonds is 4. The summed E-state index contributed by atoms with van der Waals surface area (Å²) in [5.41, 5.74) is 2.13. The van der Waals surface area contributed by atoms with Crippen LogP contribution in [0.1, 0.15) is 22.4 Å². The van der Waals surface area contributed by atoms with E-state index in [9.17, 15) is 8.42 Å². The number of aryl methyl sites for hydroxylation is 1. The van der Waals surface area contributed by atoms with Crippen molar-refractivity contribution in [2.24, 2.45) is 7.05 Å². The quantitative estimate of drug-likeness (QED) is 0.773. The molecule has 0 saturated heterocycles. The molecule has 0 spiro atoms. The number of benzene rings is 2. The third kappa shape index (κ3) is 2.60. The zero-order valence-electron chi connectivity index (χ0n) is 13.2. The van der Waals surface area contributed by atoms with Gasteiger partial charge >= 0.3 is 0 Å². The zero-order chi connectivity index (χ0) is 16.9. The lowest BCUT2D eigenvalue weighted by Crippen LogP contribution is -2.28. The van der Waals surface area contributed by atoms with Gasteiger partial charge in [0, 0.05) is 7.05 Å². The fourth-order valence-corrected chi connectivity index (χ4v) is 5.24. The Labute approximate surface area is 144 Å². The van der Waals surface area contributed by atoms with Crippen LogP contribution in [-0.4, -0.2) is 29.4 Å². The van der Waals surface area contributed by atoms with Gasteiger partial charge in [0.2, 0.25) is 10.0 Å². The van der Waals surface area contributed by atoms with Crippen molar-refractivity contribution in [1.82, 2.24) is 19.5 Å². The molecule has 2 unspecified atom stereocenters. The molecule has 1 N–H and O–H groups in total. The third-order valence-corrected chi connectivity index (χ3v) is 6.20. The van der Waals surface area contributed by atoms with Crippen molar-refractivity contribution >= 4 is 32.6 Å². The molecule has 0 radical (unpaired) electrons. The van der Waals surface area contributed by atoms with Crippen LogP contribution < -0.4 is 4.72 Å². The number of nitrogens with zero attached hydrogens (tertiary/aromatic N) is 3. The van der Waals surface area contributed by atoms with Crippen LogP contribution in [0.25, 0.3) is 10.8 Å². The van der Waals surface area contributed by atoms with E-state index in [2.05, 4.69) is 33.1 Å². The summed E-state index contributed by atoms with van der Waals surface area (Å²) < 4.78 is 28.5. The van der Waals surface area contributed by atoms with E-state index in [0.717, 1.165) is 27.1 Å². The minimum Gasteiger partial charge on any atom is -0.312 e. The van der Waals surface area contributed by atoms with Gasteiger partial charge < -0.3 is 4.57 Å². The van der Waals surface area contributed by atoms with E-state index >= 15 is 0 Å². The van der Waals surface area contributed by atoms with Crippen molar-refractivity contribution in [2.45, 2.75) is 16.4 Å². The second kappa shape index (κ2) is 5.58. The van der Waals surface area contributed by atoms with E-state index in [1.807, 2.05) is 29.8 Å². The molecule has 2 aromatic carbocycles. The number of nitrogens with one attached hydrogen (secondary N) is 1. The van der Waals surface area contributed by atoms with Crippen molar-refractivity contribution in [3.63, 3.8) is 0 Å². The molecule has 1 aliphatic carbocycles. The van der Waals surface area contributed by atoms with Crippen molar-refractivity contribution in [3.8, 4) is 0 Å². The summed E-state index contributed by atoms with van der Waals surface area (Å²) >= 11 is 1.53. The minimum absolute atomic E-state index is 0.0938. The molecule has 124 valence electrons. The van der Waals surface area contributed by atoms with Gasteiger partial charge in [-0.15, -0.1) is 10.2 Å². The lowest BCUT2D eigenvalue weighted by molar-refractivity contribution is 0.563. The summed E-state index contributed by atoms with van der Waals surface area (Å²) in [5.74, 6) is 0. The fraction of sp³-hybridized carbons (Fsp3) is 0.250. The van der Waals surface area contributed by atoms with Crippen LogP contribution in [-0.2, 0) is 17.1 Å². The Morgan fingerprint density at radius 2 is 1.88 bits per heavy atom. The molecule has 4 rings (SSSR count). The molecular formula is C16H16N4O2S2. The summed E-state index contributed by atoms with van der Waals surface area (Å²) in [6, 6.07) is 11.8. The molecule has 0 bridgehead atoms. The maximum absolute atomic E-state index is 11.9. The van der Waals surface area contributed by atoms with Gasteiger partial charge in [0.05, 0.1) is 17.5 Å². The molecular weight excluding hydrogens is 344 g/mol. The summed E-state index contributed by atoms with van der Waals surface area (Å²) in [6.07, 6.45) is 2.84. The van der Waals surface area contributed by atoms with Gasteiger partial charge in [-0.2, -0.15) is 0 Å². The van der Waals surface area contributed by atoms with Crippen LogP contribution >= 0.6 is 11.8 Å². The molecule has 0 aliphatic heterocycles. The highest BCUT2D eigenvalue weighted by Gasteiger charge is 2.37. The molecule has 6 nitrogen and oxygen atoms in total. The van der Waals surface area contributed by atoms with E-state index in [1.165, 1.54) is 18.0 Å². The first-order valence-corrected chi connectivity index (χ1v) is 10.2. The summed E-state index contributed by atoms with van der Waals surface area (Å²) in [6.45, 7) is 0. The summed E-state index contributed by atoms with van der Waals surface area (Å²) in [7, 11) is -1.47. The van der Waals surface area contributed by atoms with Crippen molar-refractivity contribution in [3.05, 3.63) is 53.9 Å². The average Bonchev–Trinajstić information content (AvgIpc) is 3.05. The van der Waals surface area contributed by atoms with Crippen molar-refractivity contribution < 1.29 is 8.42 Å². The maximum atomic E-state index is 11.9. The van der Waals surface area contributed by atoms with E-state index in [4.69, 9.17) is 0 Å². The summed E-state index contributed by atoms with van der Waals surface area (Å²) in [5, 5.41) is 11.0. The topological polar surface area (TPSA) is 76.9 Å². The van der Waals surface area contributed by atoms with Gasteiger partial charge in [-0.1, -0.05) is 48.2 Å². The molecule has 3 aromatic rings. The Morgan fingerprint density at radius 3 is 2.50 bits per heavy atom. The van der Waals surface area contributed by atoms with Crippen LogP contribution in [0.5, 0.6) is 0 Å². The van der Waals surface area contributed by atoms with Gasteiger partial charge in [-0.3, -0.25) is 0 Å². The molecule has 1 heterocycles. The largest absolute Gasteiger partial charge is 0.312 e. The highest BCUT2D eigenvalue weighted by atomic mass is 32.2. The predicted octanol–water partition coefficient (Wildman–Crippen LogP) is 2.41. The smallest absolute Gasteiger partial charge is 0.209 e. The van der Waals surface area contributed by atoms with E-state index in [1.54, 1.807) is 6.33 Å². The van der Waals surface area contributed by atoms with Gasteiger partial charge in [-0.05, 0) is 21.9 Å². The summed E-state index contributed by atoms with van der Waals surface area (Å²) in [4.78, 5) is 0. The molecule has 8 heteroatoms. The SMILES string of the molecule is Cn1cnnc1SC1c2cccc3cccc(c23)C1NS(C)(=O)=O. The van der Waals surface area contributed by atoms with Crippen LogP contribution in [0, 0.1) is 0 Å². The number of aromatic nitrogens is 3. The Kier molecular flexibility index (Phi) is 3.63. The van der Waals surface area contributed by atoms with Crippen LogP contribution in [0.4, 0.5) is 0 Å². The maximum Gasteiger partial charge on any atom is 0.209 e. The van der Waals surface area contributed by atoms with Gasteiger partial charge in [-0.25, -0.2) is 13.1 Å². The zero-order valence-corrected chi connectivity index (χ0v) is 14.8. The first kappa shape index (κ1) is 15.6. The first-order valence-electron chi connectivity index (χ1n) is 7.43. The van der Waals surface area contributed by atoms with E-state index in [-0.39, 0.29) is 11.3 Å². The van der Waals surface area contributed by atoms with Crippen molar-refractivity contribution in [2.75, 3.05) is 6.26 Å². The van der Waals surface area contributed by atoms with Crippen LogP contribution in [0.3, 0.4) is 0 Å². The molecule has 0 fully saturated rings. The first-order chi connectivity index (χ1) is 11.4. The second-order valence-electron chi connectivity index (χ2n) is 5.92. The third-order valence-electron chi connectivity index (χ3n) is 4.16. The lowest BCUT2D eigenvalue weighted by atomic mass is 10.1. The highest BCUT2D eigenvalue weighted by Crippen LogP contribution is 2.52. The van der Waals surface area contributed by atoms with Crippen LogP contribution in [0.2, 0.25) is 0 Å². The minimum atomic E-state index is -3.35. The predicted molar refractivity (Wildman–Crippen MR) is 94.3 cm³/mol. The molecule has 2 atom stereocenters. The average molecular weight is 360 g/mol. The fourth-order valence-electron chi connectivity index (χ4n) is 3.22.